The van der Waals surface area contributed by atoms with Crippen LogP contribution in [0, 0.1) is 0 Å². The number of carboxylic acid groups (broad SMARTS) is 1. The summed E-state index contributed by atoms with van der Waals surface area (Å²) >= 11 is 17.2. The van der Waals surface area contributed by atoms with Gasteiger partial charge in [0.05, 0.1) is 11.8 Å². The number of rotatable bonds is 10. The molecule has 0 radical (unpaired) electrons. The summed E-state index contributed by atoms with van der Waals surface area (Å²) in [6, 6.07) is 11.2. The highest BCUT2D eigenvalue weighted by atomic mass is 35.5. The van der Waals surface area contributed by atoms with Crippen LogP contribution in [0.25, 0.3) is 0 Å². The Bertz CT molecular complexity index is 740. The molecule has 0 aliphatic rings. The number of hydrogen-bond acceptors (Lipinski definition) is 4. The molecular weight excluding hydrogens is 415 g/mol. The molecule has 0 spiro atoms. The fraction of sp³-hybridized carbons (Fsp3) is 0.316. The largest absolute Gasteiger partial charge is 0.492 e. The molecule has 2 rings (SSSR count). The Morgan fingerprint density at radius 1 is 0.963 bits per heavy atom. The van der Waals surface area contributed by atoms with Crippen LogP contribution >= 0.6 is 34.8 Å². The molecule has 1 atom stereocenters. The van der Waals surface area contributed by atoms with Crippen molar-refractivity contribution in [2.24, 2.45) is 0 Å². The van der Waals surface area contributed by atoms with Gasteiger partial charge in [-0.25, -0.2) is 4.79 Å². The summed E-state index contributed by atoms with van der Waals surface area (Å²) in [7, 11) is 0. The van der Waals surface area contributed by atoms with Gasteiger partial charge in [-0.3, -0.25) is 0 Å². The minimum atomic E-state index is -1.64. The van der Waals surface area contributed by atoms with Gasteiger partial charge in [-0.15, -0.1) is 23.2 Å². The second-order valence-electron chi connectivity index (χ2n) is 5.66. The topological polar surface area (TPSA) is 65.0 Å². The fourth-order valence-corrected chi connectivity index (χ4v) is 2.59. The average Bonchev–Trinajstić information content (AvgIpc) is 2.64. The van der Waals surface area contributed by atoms with Crippen LogP contribution in [0.4, 0.5) is 0 Å². The SMILES string of the molecule is CC(Oc1cc(OCCCl)cc(OCCCl)c1)(C(=O)O)c1ccc(Cl)cc1. The normalized spacial score (nSPS) is 12.9. The van der Waals surface area contributed by atoms with E-state index < -0.39 is 11.6 Å². The highest BCUT2D eigenvalue weighted by Gasteiger charge is 2.38. The molecule has 27 heavy (non-hydrogen) atoms. The van der Waals surface area contributed by atoms with Gasteiger partial charge >= 0.3 is 5.97 Å². The monoisotopic (exact) mass is 432 g/mol. The lowest BCUT2D eigenvalue weighted by Crippen LogP contribution is -2.38. The number of ether oxygens (including phenoxy) is 3. The van der Waals surface area contributed by atoms with E-state index in [1.54, 1.807) is 42.5 Å². The molecule has 0 saturated heterocycles. The zero-order valence-corrected chi connectivity index (χ0v) is 16.9. The molecule has 0 aromatic heterocycles. The number of carbonyl (C=O) groups is 1. The van der Waals surface area contributed by atoms with Crippen LogP contribution in [0.2, 0.25) is 5.02 Å². The second-order valence-corrected chi connectivity index (χ2v) is 6.85. The van der Waals surface area contributed by atoms with Crippen LogP contribution in [0.5, 0.6) is 17.2 Å². The minimum Gasteiger partial charge on any atom is -0.492 e. The molecule has 0 aliphatic heterocycles. The molecule has 0 aliphatic carbocycles. The van der Waals surface area contributed by atoms with Crippen LogP contribution in [0.15, 0.2) is 42.5 Å². The summed E-state index contributed by atoms with van der Waals surface area (Å²) in [6.45, 7) is 2.03. The lowest BCUT2D eigenvalue weighted by atomic mass is 9.96. The third-order valence-electron chi connectivity index (χ3n) is 3.67. The van der Waals surface area contributed by atoms with Gasteiger partial charge in [0.1, 0.15) is 30.5 Å². The Morgan fingerprint density at radius 3 is 1.89 bits per heavy atom. The number of hydrogen-bond donors (Lipinski definition) is 1. The van der Waals surface area contributed by atoms with Crippen molar-refractivity contribution < 1.29 is 24.1 Å². The van der Waals surface area contributed by atoms with Crippen LogP contribution in [-0.4, -0.2) is 36.0 Å². The maximum absolute atomic E-state index is 12.0. The Morgan fingerprint density at radius 2 is 1.44 bits per heavy atom. The van der Waals surface area contributed by atoms with Gasteiger partial charge in [0.15, 0.2) is 0 Å². The molecule has 1 unspecified atom stereocenters. The number of halogens is 3. The molecule has 0 heterocycles. The molecule has 5 nitrogen and oxygen atoms in total. The number of aliphatic carboxylic acids is 1. The summed E-state index contributed by atoms with van der Waals surface area (Å²) in [5.41, 5.74) is -1.20. The van der Waals surface area contributed by atoms with E-state index in [4.69, 9.17) is 49.0 Å². The molecular formula is C19H19Cl3O5. The molecule has 2 aromatic rings. The lowest BCUT2D eigenvalue weighted by Gasteiger charge is -2.27. The van der Waals surface area contributed by atoms with Gasteiger partial charge in [-0.2, -0.15) is 0 Å². The Hall–Kier alpha value is -1.82. The van der Waals surface area contributed by atoms with Gasteiger partial charge in [-0.05, 0) is 19.1 Å². The van der Waals surface area contributed by atoms with E-state index in [9.17, 15) is 9.90 Å². The fourth-order valence-electron chi connectivity index (χ4n) is 2.31. The van der Waals surface area contributed by atoms with Crippen molar-refractivity contribution in [3.63, 3.8) is 0 Å². The van der Waals surface area contributed by atoms with Crippen molar-refractivity contribution in [3.8, 4) is 17.2 Å². The minimum absolute atomic E-state index is 0.270. The molecule has 146 valence electrons. The maximum atomic E-state index is 12.0. The van der Waals surface area contributed by atoms with Gasteiger partial charge in [-0.1, -0.05) is 23.7 Å². The van der Waals surface area contributed by atoms with Crippen molar-refractivity contribution in [2.45, 2.75) is 12.5 Å². The summed E-state index contributed by atoms with van der Waals surface area (Å²) in [5, 5.41) is 10.3. The van der Waals surface area contributed by atoms with Crippen molar-refractivity contribution >= 4 is 40.8 Å². The van der Waals surface area contributed by atoms with Crippen LogP contribution in [0.3, 0.4) is 0 Å². The highest BCUT2D eigenvalue weighted by molar-refractivity contribution is 6.30. The van der Waals surface area contributed by atoms with E-state index in [0.29, 0.717) is 33.8 Å². The molecule has 0 saturated carbocycles. The molecule has 0 fully saturated rings. The number of alkyl halides is 2. The van der Waals surface area contributed by atoms with Gasteiger partial charge < -0.3 is 19.3 Å². The summed E-state index contributed by atoms with van der Waals surface area (Å²) in [5.74, 6) is 0.621. The standard InChI is InChI=1S/C19H19Cl3O5/c1-19(18(23)24,13-2-4-14(22)5-3-13)27-17-11-15(25-8-6-20)10-16(12-17)26-9-7-21/h2-5,10-12H,6-9H2,1H3,(H,23,24). The first-order chi connectivity index (χ1) is 12.9. The quantitative estimate of drug-likeness (QED) is 0.537. The smallest absolute Gasteiger partial charge is 0.352 e. The summed E-state index contributed by atoms with van der Waals surface area (Å²) in [6.07, 6.45) is 0. The second kappa shape index (κ2) is 9.93. The Labute approximate surface area is 172 Å². The van der Waals surface area contributed by atoms with Crippen molar-refractivity contribution in [2.75, 3.05) is 25.0 Å². The third kappa shape index (κ3) is 5.83. The molecule has 0 amide bonds. The predicted octanol–water partition coefficient (Wildman–Crippen LogP) is 4.95. The number of benzene rings is 2. The zero-order chi connectivity index (χ0) is 19.9. The lowest BCUT2D eigenvalue weighted by molar-refractivity contribution is -0.154. The van der Waals surface area contributed by atoms with Crippen molar-refractivity contribution in [3.05, 3.63) is 53.1 Å². The van der Waals surface area contributed by atoms with E-state index >= 15 is 0 Å². The van der Waals surface area contributed by atoms with E-state index in [-0.39, 0.29) is 19.0 Å². The van der Waals surface area contributed by atoms with Gasteiger partial charge in [0.25, 0.3) is 0 Å². The van der Waals surface area contributed by atoms with Crippen molar-refractivity contribution in [1.29, 1.82) is 0 Å². The molecule has 0 bridgehead atoms. The van der Waals surface area contributed by atoms with Crippen molar-refractivity contribution in [1.82, 2.24) is 0 Å². The highest BCUT2D eigenvalue weighted by Crippen LogP contribution is 2.34. The Balaban J connectivity index is 2.37. The zero-order valence-electron chi connectivity index (χ0n) is 14.6. The van der Waals surface area contributed by atoms with Gasteiger partial charge in [0.2, 0.25) is 5.60 Å². The summed E-state index contributed by atoms with van der Waals surface area (Å²) < 4.78 is 16.9. The maximum Gasteiger partial charge on any atom is 0.352 e. The first-order valence-corrected chi connectivity index (χ1v) is 9.55. The van der Waals surface area contributed by atoms with E-state index in [1.807, 2.05) is 0 Å². The van der Waals surface area contributed by atoms with E-state index in [1.165, 1.54) is 6.92 Å². The van der Waals surface area contributed by atoms with Gasteiger partial charge in [0, 0.05) is 28.8 Å². The Kier molecular flexibility index (Phi) is 7.90. The van der Waals surface area contributed by atoms with Crippen LogP contribution in [-0.2, 0) is 10.4 Å². The first-order valence-electron chi connectivity index (χ1n) is 8.10. The molecule has 1 N–H and O–H groups in total. The average molecular weight is 434 g/mol. The van der Waals surface area contributed by atoms with Crippen LogP contribution < -0.4 is 14.2 Å². The summed E-state index contributed by atoms with van der Waals surface area (Å²) in [4.78, 5) is 12.0. The molecule has 8 heteroatoms. The molecule has 2 aromatic carbocycles. The number of carboxylic acids is 1. The van der Waals surface area contributed by atoms with E-state index in [0.717, 1.165) is 0 Å². The third-order valence-corrected chi connectivity index (χ3v) is 4.23. The predicted molar refractivity (Wildman–Crippen MR) is 106 cm³/mol. The van der Waals surface area contributed by atoms with Crippen LogP contribution in [0.1, 0.15) is 12.5 Å². The van der Waals surface area contributed by atoms with E-state index in [2.05, 4.69) is 0 Å². The first kappa shape index (κ1) is 21.5.